The number of hydrogen-bond acceptors (Lipinski definition) is 4. The minimum absolute atomic E-state index is 0.0869. The van der Waals surface area contributed by atoms with Crippen LogP contribution in [0.4, 0.5) is 24.5 Å². The van der Waals surface area contributed by atoms with Gasteiger partial charge in [-0.1, -0.05) is 12.1 Å². The number of nitrogens with one attached hydrogen (secondary N) is 2. The van der Waals surface area contributed by atoms with Gasteiger partial charge < -0.3 is 19.8 Å². The number of amides is 1. The Morgan fingerprint density at radius 1 is 1.15 bits per heavy atom. The molecule has 0 saturated carbocycles. The molecule has 0 aliphatic carbocycles. The van der Waals surface area contributed by atoms with E-state index < -0.39 is 18.6 Å². The van der Waals surface area contributed by atoms with E-state index in [9.17, 15) is 18.0 Å². The fourth-order valence-electron chi connectivity index (χ4n) is 2.66. The van der Waals surface area contributed by atoms with Gasteiger partial charge in [0, 0.05) is 10.9 Å². The van der Waals surface area contributed by atoms with Gasteiger partial charge in [-0.25, -0.2) is 0 Å². The van der Waals surface area contributed by atoms with Crippen LogP contribution in [0.2, 0.25) is 0 Å². The van der Waals surface area contributed by atoms with Crippen LogP contribution in [0.25, 0.3) is 11.0 Å². The topological polar surface area (TPSA) is 63.5 Å². The molecule has 1 amide bonds. The molecule has 0 saturated heterocycles. The standard InChI is InChI=1S/C19H17F3N2O3/c1-11-13-9-12(26-2)7-8-16(13)27-17(11)18(25)24-15-6-4-3-5-14(15)23-10-19(20,21)22/h3-9,23H,10H2,1-2H3,(H,24,25). The van der Waals surface area contributed by atoms with Gasteiger partial charge in [0.15, 0.2) is 5.76 Å². The highest BCUT2D eigenvalue weighted by molar-refractivity contribution is 6.07. The summed E-state index contributed by atoms with van der Waals surface area (Å²) in [5.41, 5.74) is 1.52. The molecule has 0 aliphatic heterocycles. The number of halogens is 3. The van der Waals surface area contributed by atoms with Crippen molar-refractivity contribution >= 4 is 28.3 Å². The number of ether oxygens (including phenoxy) is 1. The summed E-state index contributed by atoms with van der Waals surface area (Å²) in [5, 5.41) is 5.60. The molecule has 0 radical (unpaired) electrons. The number of carbonyl (C=O) groups excluding carboxylic acids is 1. The molecule has 3 rings (SSSR count). The van der Waals surface area contributed by atoms with Gasteiger partial charge >= 0.3 is 6.18 Å². The number of furan rings is 1. The van der Waals surface area contributed by atoms with Gasteiger partial charge in [-0.2, -0.15) is 13.2 Å². The molecular formula is C19H17F3N2O3. The number of aryl methyl sites for hydroxylation is 1. The van der Waals surface area contributed by atoms with Gasteiger partial charge in [0.2, 0.25) is 0 Å². The molecule has 1 heterocycles. The fourth-order valence-corrected chi connectivity index (χ4v) is 2.66. The van der Waals surface area contributed by atoms with E-state index >= 15 is 0 Å². The third-order valence-corrected chi connectivity index (χ3v) is 4.00. The van der Waals surface area contributed by atoms with Crippen molar-refractivity contribution in [1.82, 2.24) is 0 Å². The molecule has 3 aromatic rings. The summed E-state index contributed by atoms with van der Waals surface area (Å²) in [6.45, 7) is 0.525. The predicted molar refractivity (Wildman–Crippen MR) is 96.4 cm³/mol. The van der Waals surface area contributed by atoms with Crippen molar-refractivity contribution in [2.24, 2.45) is 0 Å². The Kier molecular flexibility index (Phi) is 4.98. The first-order valence-corrected chi connectivity index (χ1v) is 8.06. The first-order valence-electron chi connectivity index (χ1n) is 8.06. The number of anilines is 2. The van der Waals surface area contributed by atoms with E-state index in [2.05, 4.69) is 10.6 Å². The lowest BCUT2D eigenvalue weighted by molar-refractivity contribution is -0.115. The summed E-state index contributed by atoms with van der Waals surface area (Å²) < 4.78 is 48.2. The first-order chi connectivity index (χ1) is 12.8. The average Bonchev–Trinajstić information content (AvgIpc) is 2.96. The average molecular weight is 378 g/mol. The minimum atomic E-state index is -4.37. The SMILES string of the molecule is COc1ccc2oc(C(=O)Nc3ccccc3NCC(F)(F)F)c(C)c2c1. The minimum Gasteiger partial charge on any atom is -0.497 e. The van der Waals surface area contributed by atoms with Crippen LogP contribution in [0.1, 0.15) is 16.1 Å². The van der Waals surface area contributed by atoms with Gasteiger partial charge in [0.05, 0.1) is 18.5 Å². The molecule has 0 aliphatic rings. The zero-order valence-corrected chi connectivity index (χ0v) is 14.6. The van der Waals surface area contributed by atoms with Gasteiger partial charge in [-0.15, -0.1) is 0 Å². The van der Waals surface area contributed by atoms with E-state index in [1.54, 1.807) is 37.3 Å². The lowest BCUT2D eigenvalue weighted by Crippen LogP contribution is -2.22. The number of para-hydroxylation sites is 2. The van der Waals surface area contributed by atoms with Crippen LogP contribution in [0.5, 0.6) is 5.75 Å². The first kappa shape index (κ1) is 18.6. The molecule has 2 aromatic carbocycles. The Labute approximate surface area is 153 Å². The van der Waals surface area contributed by atoms with Gasteiger partial charge in [0.25, 0.3) is 5.91 Å². The number of hydrogen-bond donors (Lipinski definition) is 2. The second kappa shape index (κ2) is 7.22. The van der Waals surface area contributed by atoms with Crippen LogP contribution >= 0.6 is 0 Å². The largest absolute Gasteiger partial charge is 0.497 e. The van der Waals surface area contributed by atoms with Crippen molar-refractivity contribution in [2.45, 2.75) is 13.1 Å². The number of fused-ring (bicyclic) bond motifs is 1. The normalized spacial score (nSPS) is 11.4. The number of rotatable bonds is 5. The number of methoxy groups -OCH3 is 1. The van der Waals surface area contributed by atoms with Crippen LogP contribution in [-0.2, 0) is 0 Å². The highest BCUT2D eigenvalue weighted by atomic mass is 19.4. The molecule has 2 N–H and O–H groups in total. The van der Waals surface area contributed by atoms with Gasteiger partial charge in [-0.3, -0.25) is 4.79 Å². The van der Waals surface area contributed by atoms with E-state index in [0.717, 1.165) is 5.39 Å². The molecule has 142 valence electrons. The van der Waals surface area contributed by atoms with Crippen molar-refractivity contribution in [3.63, 3.8) is 0 Å². The van der Waals surface area contributed by atoms with Crippen LogP contribution in [-0.4, -0.2) is 25.7 Å². The van der Waals surface area contributed by atoms with Crippen LogP contribution in [0, 0.1) is 6.92 Å². The molecule has 8 heteroatoms. The summed E-state index contributed by atoms with van der Waals surface area (Å²) in [5.74, 6) is 0.160. The Hall–Kier alpha value is -3.16. The Balaban J connectivity index is 1.86. The monoisotopic (exact) mass is 378 g/mol. The number of carbonyl (C=O) groups is 1. The summed E-state index contributed by atoms with van der Waals surface area (Å²) >= 11 is 0. The third-order valence-electron chi connectivity index (χ3n) is 4.00. The molecule has 1 aromatic heterocycles. The summed E-state index contributed by atoms with van der Waals surface area (Å²) in [7, 11) is 1.54. The highest BCUT2D eigenvalue weighted by Gasteiger charge is 2.27. The summed E-state index contributed by atoms with van der Waals surface area (Å²) in [6.07, 6.45) is -4.37. The van der Waals surface area contributed by atoms with E-state index in [-0.39, 0.29) is 17.1 Å². The van der Waals surface area contributed by atoms with Crippen molar-refractivity contribution in [3.8, 4) is 5.75 Å². The highest BCUT2D eigenvalue weighted by Crippen LogP contribution is 2.30. The quantitative estimate of drug-likeness (QED) is 0.658. The molecule has 0 unspecified atom stereocenters. The summed E-state index contributed by atoms with van der Waals surface area (Å²) in [4.78, 5) is 12.6. The van der Waals surface area contributed by atoms with Crippen molar-refractivity contribution < 1.29 is 27.1 Å². The van der Waals surface area contributed by atoms with E-state index in [0.29, 0.717) is 16.9 Å². The Bertz CT molecular complexity index is 980. The Morgan fingerprint density at radius 3 is 2.52 bits per heavy atom. The van der Waals surface area contributed by atoms with E-state index in [1.807, 2.05) is 0 Å². The Morgan fingerprint density at radius 2 is 1.85 bits per heavy atom. The molecule has 0 spiro atoms. The van der Waals surface area contributed by atoms with Crippen molar-refractivity contribution in [2.75, 3.05) is 24.3 Å². The van der Waals surface area contributed by atoms with Crippen molar-refractivity contribution in [1.29, 1.82) is 0 Å². The predicted octanol–water partition coefficient (Wildman–Crippen LogP) is 4.98. The van der Waals surface area contributed by atoms with Crippen LogP contribution < -0.4 is 15.4 Å². The fraction of sp³-hybridized carbons (Fsp3) is 0.211. The van der Waals surface area contributed by atoms with Crippen LogP contribution in [0.15, 0.2) is 46.9 Å². The van der Waals surface area contributed by atoms with E-state index in [1.165, 1.54) is 19.2 Å². The van der Waals surface area contributed by atoms with Crippen molar-refractivity contribution in [3.05, 3.63) is 53.8 Å². The maximum atomic E-state index is 12.6. The molecule has 5 nitrogen and oxygen atoms in total. The zero-order chi connectivity index (χ0) is 19.6. The smallest absolute Gasteiger partial charge is 0.405 e. The molecular weight excluding hydrogens is 361 g/mol. The molecule has 0 atom stereocenters. The third kappa shape index (κ3) is 4.16. The lowest BCUT2D eigenvalue weighted by atomic mass is 10.1. The lowest BCUT2D eigenvalue weighted by Gasteiger charge is -2.14. The second-order valence-electron chi connectivity index (χ2n) is 5.89. The van der Waals surface area contributed by atoms with E-state index in [4.69, 9.17) is 9.15 Å². The van der Waals surface area contributed by atoms with Gasteiger partial charge in [0.1, 0.15) is 17.9 Å². The maximum Gasteiger partial charge on any atom is 0.405 e. The zero-order valence-electron chi connectivity index (χ0n) is 14.6. The molecule has 0 bridgehead atoms. The second-order valence-corrected chi connectivity index (χ2v) is 5.89. The molecule has 27 heavy (non-hydrogen) atoms. The number of benzene rings is 2. The maximum absolute atomic E-state index is 12.6. The molecule has 0 fully saturated rings. The van der Waals surface area contributed by atoms with Crippen LogP contribution in [0.3, 0.4) is 0 Å². The number of alkyl halides is 3. The summed E-state index contributed by atoms with van der Waals surface area (Å²) in [6, 6.07) is 11.3. The van der Waals surface area contributed by atoms with Gasteiger partial charge in [-0.05, 0) is 37.3 Å².